The van der Waals surface area contributed by atoms with Crippen molar-refractivity contribution in [2.45, 2.75) is 20.1 Å². The van der Waals surface area contributed by atoms with Crippen LogP contribution in [0.5, 0.6) is 5.75 Å². The van der Waals surface area contributed by atoms with E-state index in [1.54, 1.807) is 23.1 Å². The van der Waals surface area contributed by atoms with Crippen LogP contribution < -0.4 is 10.3 Å². The molecule has 4 aromatic rings. The van der Waals surface area contributed by atoms with E-state index in [0.29, 0.717) is 6.67 Å². The van der Waals surface area contributed by atoms with Crippen LogP contribution in [-0.2, 0) is 13.2 Å². The van der Waals surface area contributed by atoms with Gasteiger partial charge >= 0.3 is 0 Å². The molecule has 0 saturated carbocycles. The molecular formula is C25H27N5O2S. The fraction of sp³-hybridized carbons (Fsp3) is 0.320. The molecule has 1 saturated heterocycles. The van der Waals surface area contributed by atoms with E-state index in [2.05, 4.69) is 20.3 Å². The number of aryl methyl sites for hydroxylation is 1. The minimum Gasteiger partial charge on any atom is -0.497 e. The van der Waals surface area contributed by atoms with E-state index in [0.717, 1.165) is 71.2 Å². The van der Waals surface area contributed by atoms with Crippen LogP contribution in [0, 0.1) is 6.92 Å². The molecule has 0 unspecified atom stereocenters. The maximum Gasteiger partial charge on any atom is 0.275 e. The summed E-state index contributed by atoms with van der Waals surface area (Å²) in [5, 5.41) is 9.40. The predicted molar refractivity (Wildman–Crippen MR) is 132 cm³/mol. The highest BCUT2D eigenvalue weighted by Gasteiger charge is 2.19. The molecule has 0 bridgehead atoms. The number of ether oxygens (including phenoxy) is 1. The lowest BCUT2D eigenvalue weighted by atomic mass is 10.1. The third-order valence-corrected chi connectivity index (χ3v) is 7.07. The maximum atomic E-state index is 12.9. The quantitative estimate of drug-likeness (QED) is 0.437. The maximum absolute atomic E-state index is 12.9. The zero-order chi connectivity index (χ0) is 22.8. The van der Waals surface area contributed by atoms with E-state index in [4.69, 9.17) is 9.72 Å². The van der Waals surface area contributed by atoms with Crippen LogP contribution in [0.4, 0.5) is 0 Å². The zero-order valence-electron chi connectivity index (χ0n) is 18.9. The topological polar surface area (TPSA) is 63.5 Å². The largest absolute Gasteiger partial charge is 0.497 e. The average molecular weight is 462 g/mol. The van der Waals surface area contributed by atoms with E-state index >= 15 is 0 Å². The summed E-state index contributed by atoms with van der Waals surface area (Å²) < 4.78 is 6.84. The summed E-state index contributed by atoms with van der Waals surface area (Å²) in [6, 6.07) is 15.7. The Balaban J connectivity index is 1.19. The molecule has 1 fully saturated rings. The summed E-state index contributed by atoms with van der Waals surface area (Å²) in [4.78, 5) is 22.4. The Bertz CT molecular complexity index is 1310. The third kappa shape index (κ3) is 4.68. The molecule has 7 nitrogen and oxygen atoms in total. The van der Waals surface area contributed by atoms with Crippen LogP contribution in [0.1, 0.15) is 11.4 Å². The van der Waals surface area contributed by atoms with Gasteiger partial charge in [0.25, 0.3) is 5.56 Å². The Morgan fingerprint density at radius 3 is 2.39 bits per heavy atom. The van der Waals surface area contributed by atoms with Crippen molar-refractivity contribution in [3.05, 3.63) is 75.7 Å². The standard InChI is InChI=1S/C25H27N5O2S/c1-18-22-5-3-4-6-23(22)25(31)30(27-18)17-29-13-11-28(12-14-29)15-20-16-33-24(26-20)19-7-9-21(32-2)10-8-19/h3-10,16H,11-15,17H2,1-2H3. The van der Waals surface area contributed by atoms with Crippen molar-refractivity contribution < 1.29 is 4.74 Å². The number of piperazine rings is 1. The minimum atomic E-state index is -0.0211. The van der Waals surface area contributed by atoms with Crippen LogP contribution in [0.3, 0.4) is 0 Å². The molecule has 0 amide bonds. The molecule has 0 atom stereocenters. The van der Waals surface area contributed by atoms with E-state index in [1.807, 2.05) is 55.5 Å². The van der Waals surface area contributed by atoms with Gasteiger partial charge in [-0.2, -0.15) is 5.10 Å². The second-order valence-corrected chi connectivity index (χ2v) is 9.20. The Kier molecular flexibility index (Phi) is 6.22. The molecule has 1 aliphatic rings. The van der Waals surface area contributed by atoms with Crippen molar-refractivity contribution in [3.8, 4) is 16.3 Å². The van der Waals surface area contributed by atoms with Gasteiger partial charge in [0.15, 0.2) is 0 Å². The molecule has 0 radical (unpaired) electrons. The van der Waals surface area contributed by atoms with Crippen molar-refractivity contribution in [3.63, 3.8) is 0 Å². The smallest absolute Gasteiger partial charge is 0.275 e. The van der Waals surface area contributed by atoms with Gasteiger partial charge in [-0.25, -0.2) is 9.67 Å². The fourth-order valence-electron chi connectivity index (χ4n) is 4.25. The summed E-state index contributed by atoms with van der Waals surface area (Å²) in [6.07, 6.45) is 0. The van der Waals surface area contributed by atoms with Crippen LogP contribution in [0.2, 0.25) is 0 Å². The first-order valence-electron chi connectivity index (χ1n) is 11.1. The van der Waals surface area contributed by atoms with Crippen LogP contribution >= 0.6 is 11.3 Å². The average Bonchev–Trinajstić information content (AvgIpc) is 3.32. The number of hydrogen-bond acceptors (Lipinski definition) is 7. The van der Waals surface area contributed by atoms with Crippen molar-refractivity contribution in [2.75, 3.05) is 33.3 Å². The SMILES string of the molecule is COc1ccc(-c2nc(CN3CCN(Cn4nc(C)c5ccccc5c4=O)CC3)cs2)cc1. The first-order valence-corrected chi connectivity index (χ1v) is 12.0. The number of fused-ring (bicyclic) bond motifs is 1. The minimum absolute atomic E-state index is 0.0211. The molecule has 170 valence electrons. The van der Waals surface area contributed by atoms with Gasteiger partial charge in [0, 0.05) is 49.1 Å². The summed E-state index contributed by atoms with van der Waals surface area (Å²) >= 11 is 1.68. The van der Waals surface area contributed by atoms with Gasteiger partial charge in [-0.3, -0.25) is 14.6 Å². The molecule has 5 rings (SSSR count). The Morgan fingerprint density at radius 1 is 0.970 bits per heavy atom. The predicted octanol–water partition coefficient (Wildman–Crippen LogP) is 3.61. The molecule has 3 heterocycles. The van der Waals surface area contributed by atoms with E-state index in [-0.39, 0.29) is 5.56 Å². The van der Waals surface area contributed by atoms with Crippen LogP contribution in [0.25, 0.3) is 21.3 Å². The molecule has 33 heavy (non-hydrogen) atoms. The lowest BCUT2D eigenvalue weighted by molar-refractivity contribution is 0.0964. The van der Waals surface area contributed by atoms with Crippen molar-refractivity contribution >= 4 is 22.1 Å². The number of benzene rings is 2. The number of hydrogen-bond donors (Lipinski definition) is 0. The molecule has 2 aromatic carbocycles. The summed E-state index contributed by atoms with van der Waals surface area (Å²) in [6.45, 7) is 7.01. The van der Waals surface area contributed by atoms with Gasteiger partial charge in [0.1, 0.15) is 10.8 Å². The number of aromatic nitrogens is 3. The Hall–Kier alpha value is -3.07. The highest BCUT2D eigenvalue weighted by Crippen LogP contribution is 2.26. The third-order valence-electron chi connectivity index (χ3n) is 6.13. The van der Waals surface area contributed by atoms with Gasteiger partial charge < -0.3 is 4.74 Å². The Morgan fingerprint density at radius 2 is 1.67 bits per heavy atom. The molecular weight excluding hydrogens is 434 g/mol. The van der Waals surface area contributed by atoms with Gasteiger partial charge in [0.05, 0.1) is 30.6 Å². The van der Waals surface area contributed by atoms with E-state index < -0.39 is 0 Å². The monoisotopic (exact) mass is 461 g/mol. The van der Waals surface area contributed by atoms with Gasteiger partial charge in [0.2, 0.25) is 0 Å². The van der Waals surface area contributed by atoms with Gasteiger partial charge in [-0.05, 0) is 37.3 Å². The second-order valence-electron chi connectivity index (χ2n) is 8.34. The first kappa shape index (κ1) is 21.8. The fourth-order valence-corrected chi connectivity index (χ4v) is 5.07. The summed E-state index contributed by atoms with van der Waals surface area (Å²) in [5.41, 5.74) is 3.08. The van der Waals surface area contributed by atoms with E-state index in [1.165, 1.54) is 0 Å². The molecule has 0 N–H and O–H groups in total. The normalized spacial score (nSPS) is 15.2. The second kappa shape index (κ2) is 9.43. The zero-order valence-corrected chi connectivity index (χ0v) is 19.7. The molecule has 8 heteroatoms. The van der Waals surface area contributed by atoms with Crippen molar-refractivity contribution in [1.82, 2.24) is 24.6 Å². The lowest BCUT2D eigenvalue weighted by Gasteiger charge is -2.34. The first-order chi connectivity index (χ1) is 16.1. The number of rotatable bonds is 6. The highest BCUT2D eigenvalue weighted by molar-refractivity contribution is 7.13. The highest BCUT2D eigenvalue weighted by atomic mass is 32.1. The summed E-state index contributed by atoms with van der Waals surface area (Å²) in [5.74, 6) is 0.852. The number of methoxy groups -OCH3 is 1. The van der Waals surface area contributed by atoms with Crippen LogP contribution in [-0.4, -0.2) is 57.9 Å². The number of nitrogens with zero attached hydrogens (tertiary/aromatic N) is 5. The van der Waals surface area contributed by atoms with Crippen LogP contribution in [0.15, 0.2) is 58.7 Å². The molecule has 1 aliphatic heterocycles. The molecule has 2 aromatic heterocycles. The number of thiazole rings is 1. The summed E-state index contributed by atoms with van der Waals surface area (Å²) in [7, 11) is 1.67. The van der Waals surface area contributed by atoms with Gasteiger partial charge in [-0.15, -0.1) is 11.3 Å². The van der Waals surface area contributed by atoms with Gasteiger partial charge in [-0.1, -0.05) is 18.2 Å². The van der Waals surface area contributed by atoms with E-state index in [9.17, 15) is 4.79 Å². The Labute approximate surface area is 196 Å². The molecule has 0 spiro atoms. The lowest BCUT2D eigenvalue weighted by Crippen LogP contribution is -2.47. The van der Waals surface area contributed by atoms with Crippen molar-refractivity contribution in [1.29, 1.82) is 0 Å². The van der Waals surface area contributed by atoms with Crippen molar-refractivity contribution in [2.24, 2.45) is 0 Å². The molecule has 0 aliphatic carbocycles.